The van der Waals surface area contributed by atoms with Gasteiger partial charge in [0.2, 0.25) is 0 Å². The summed E-state index contributed by atoms with van der Waals surface area (Å²) in [6, 6.07) is 7.86. The molecule has 0 bridgehead atoms. The number of halogens is 1. The molecule has 2 rings (SSSR count). The van der Waals surface area contributed by atoms with Gasteiger partial charge in [-0.2, -0.15) is 0 Å². The Morgan fingerprint density at radius 3 is 2.81 bits per heavy atom. The van der Waals surface area contributed by atoms with Gasteiger partial charge in [0.25, 0.3) is 0 Å². The van der Waals surface area contributed by atoms with Gasteiger partial charge in [0.15, 0.2) is 0 Å². The van der Waals surface area contributed by atoms with Crippen LogP contribution < -0.4 is 5.32 Å². The topological polar surface area (TPSA) is 32.3 Å². The minimum Gasteiger partial charge on any atom is -0.393 e. The highest BCUT2D eigenvalue weighted by atomic mass is 35.5. The summed E-state index contributed by atoms with van der Waals surface area (Å²) in [7, 11) is 0. The van der Waals surface area contributed by atoms with Gasteiger partial charge in [-0.05, 0) is 30.4 Å². The van der Waals surface area contributed by atoms with Crippen LogP contribution in [0.2, 0.25) is 5.02 Å². The summed E-state index contributed by atoms with van der Waals surface area (Å²) in [5.41, 5.74) is 1.12. The van der Waals surface area contributed by atoms with E-state index in [2.05, 4.69) is 5.32 Å². The maximum absolute atomic E-state index is 9.67. The fourth-order valence-corrected chi connectivity index (χ4v) is 2.49. The summed E-state index contributed by atoms with van der Waals surface area (Å²) >= 11 is 6.06. The van der Waals surface area contributed by atoms with E-state index in [-0.39, 0.29) is 6.10 Å². The van der Waals surface area contributed by atoms with E-state index in [1.165, 1.54) is 0 Å². The molecule has 0 spiro atoms. The van der Waals surface area contributed by atoms with Gasteiger partial charge in [-0.25, -0.2) is 0 Å². The van der Waals surface area contributed by atoms with Crippen molar-refractivity contribution in [1.29, 1.82) is 0 Å². The first-order chi connectivity index (χ1) is 7.77. The van der Waals surface area contributed by atoms with Gasteiger partial charge in [-0.3, -0.25) is 0 Å². The van der Waals surface area contributed by atoms with Crippen LogP contribution >= 0.6 is 11.6 Å². The molecule has 0 saturated heterocycles. The summed E-state index contributed by atoms with van der Waals surface area (Å²) in [5, 5.41) is 13.9. The molecule has 2 N–H and O–H groups in total. The fraction of sp³-hybridized carbons (Fsp3) is 0.538. The third-order valence-electron chi connectivity index (χ3n) is 3.30. The Kier molecular flexibility index (Phi) is 4.22. The Balaban J connectivity index is 1.78. The molecule has 2 unspecified atom stereocenters. The average molecular weight is 240 g/mol. The SMILES string of the molecule is OC1CCCC1CNCc1ccccc1Cl. The van der Waals surface area contributed by atoms with Crippen LogP contribution in [0.15, 0.2) is 24.3 Å². The van der Waals surface area contributed by atoms with Crippen LogP contribution in [0.1, 0.15) is 24.8 Å². The molecule has 16 heavy (non-hydrogen) atoms. The van der Waals surface area contributed by atoms with Gasteiger partial charge in [-0.1, -0.05) is 36.2 Å². The predicted molar refractivity (Wildman–Crippen MR) is 66.5 cm³/mol. The molecule has 0 aromatic heterocycles. The van der Waals surface area contributed by atoms with E-state index in [1.54, 1.807) is 0 Å². The van der Waals surface area contributed by atoms with E-state index >= 15 is 0 Å². The highest BCUT2D eigenvalue weighted by molar-refractivity contribution is 6.31. The minimum absolute atomic E-state index is 0.112. The maximum atomic E-state index is 9.67. The number of aliphatic hydroxyl groups is 1. The van der Waals surface area contributed by atoms with Crippen molar-refractivity contribution in [3.8, 4) is 0 Å². The lowest BCUT2D eigenvalue weighted by Gasteiger charge is -2.15. The molecule has 1 aliphatic rings. The normalized spacial score (nSPS) is 24.9. The van der Waals surface area contributed by atoms with Gasteiger partial charge < -0.3 is 10.4 Å². The van der Waals surface area contributed by atoms with Crippen molar-refractivity contribution >= 4 is 11.6 Å². The number of hydrogen-bond donors (Lipinski definition) is 2. The molecular weight excluding hydrogens is 222 g/mol. The van der Waals surface area contributed by atoms with Crippen molar-refractivity contribution in [2.75, 3.05) is 6.54 Å². The molecule has 0 amide bonds. The monoisotopic (exact) mass is 239 g/mol. The predicted octanol–water partition coefficient (Wildman–Crippen LogP) is 2.59. The summed E-state index contributed by atoms with van der Waals surface area (Å²) in [6.45, 7) is 1.66. The smallest absolute Gasteiger partial charge is 0.0580 e. The molecule has 0 radical (unpaired) electrons. The quantitative estimate of drug-likeness (QED) is 0.847. The van der Waals surface area contributed by atoms with Crippen molar-refractivity contribution in [2.45, 2.75) is 31.9 Å². The number of aliphatic hydroxyl groups excluding tert-OH is 1. The van der Waals surface area contributed by atoms with Crippen molar-refractivity contribution in [2.24, 2.45) is 5.92 Å². The second-order valence-corrected chi connectivity index (χ2v) is 4.89. The fourth-order valence-electron chi connectivity index (χ4n) is 2.29. The number of benzene rings is 1. The molecule has 2 nitrogen and oxygen atoms in total. The van der Waals surface area contributed by atoms with Crippen molar-refractivity contribution in [3.05, 3.63) is 34.9 Å². The van der Waals surface area contributed by atoms with Crippen LogP contribution in [-0.4, -0.2) is 17.8 Å². The van der Waals surface area contributed by atoms with Crippen molar-refractivity contribution < 1.29 is 5.11 Å². The Labute approximate surface area is 102 Å². The molecule has 0 heterocycles. The standard InChI is InChI=1S/C13H18ClNO/c14-12-6-2-1-4-10(12)8-15-9-11-5-3-7-13(11)16/h1-2,4,6,11,13,15-16H,3,5,7-9H2. The maximum Gasteiger partial charge on any atom is 0.0580 e. The van der Waals surface area contributed by atoms with Crippen LogP contribution in [0, 0.1) is 5.92 Å². The second-order valence-electron chi connectivity index (χ2n) is 4.48. The average Bonchev–Trinajstić information content (AvgIpc) is 2.67. The highest BCUT2D eigenvalue weighted by Crippen LogP contribution is 2.24. The van der Waals surface area contributed by atoms with Gasteiger partial charge in [0.05, 0.1) is 6.10 Å². The van der Waals surface area contributed by atoms with Crippen molar-refractivity contribution in [1.82, 2.24) is 5.32 Å². The van der Waals surface area contributed by atoms with E-state index in [9.17, 15) is 5.11 Å². The lowest BCUT2D eigenvalue weighted by molar-refractivity contribution is 0.131. The Morgan fingerprint density at radius 2 is 2.12 bits per heavy atom. The van der Waals surface area contributed by atoms with E-state index in [0.29, 0.717) is 5.92 Å². The van der Waals surface area contributed by atoms with E-state index in [0.717, 1.165) is 42.9 Å². The lowest BCUT2D eigenvalue weighted by atomic mass is 10.1. The molecule has 88 valence electrons. The molecular formula is C13H18ClNO. The number of nitrogens with one attached hydrogen (secondary N) is 1. The molecule has 1 aromatic carbocycles. The number of rotatable bonds is 4. The van der Waals surface area contributed by atoms with E-state index in [4.69, 9.17) is 11.6 Å². The Hall–Kier alpha value is -0.570. The van der Waals surface area contributed by atoms with Crippen LogP contribution in [-0.2, 0) is 6.54 Å². The van der Waals surface area contributed by atoms with Crippen molar-refractivity contribution in [3.63, 3.8) is 0 Å². The van der Waals surface area contributed by atoms with E-state index in [1.807, 2.05) is 24.3 Å². The molecule has 1 aliphatic carbocycles. The summed E-state index contributed by atoms with van der Waals surface area (Å²) in [5.74, 6) is 0.419. The molecule has 3 heteroatoms. The zero-order valence-corrected chi connectivity index (χ0v) is 10.1. The zero-order valence-electron chi connectivity index (χ0n) is 9.32. The minimum atomic E-state index is -0.112. The third kappa shape index (κ3) is 2.97. The first kappa shape index (κ1) is 11.9. The van der Waals surface area contributed by atoms with Crippen LogP contribution in [0.25, 0.3) is 0 Å². The van der Waals surface area contributed by atoms with Gasteiger partial charge in [0.1, 0.15) is 0 Å². The Morgan fingerprint density at radius 1 is 1.31 bits per heavy atom. The summed E-state index contributed by atoms with van der Waals surface area (Å²) in [6.07, 6.45) is 3.13. The summed E-state index contributed by atoms with van der Waals surface area (Å²) < 4.78 is 0. The van der Waals surface area contributed by atoms with Crippen LogP contribution in [0.4, 0.5) is 0 Å². The van der Waals surface area contributed by atoms with E-state index < -0.39 is 0 Å². The third-order valence-corrected chi connectivity index (χ3v) is 3.67. The van der Waals surface area contributed by atoms with Gasteiger partial charge in [-0.15, -0.1) is 0 Å². The zero-order chi connectivity index (χ0) is 11.4. The van der Waals surface area contributed by atoms with Gasteiger partial charge in [0, 0.05) is 18.1 Å². The lowest BCUT2D eigenvalue weighted by Crippen LogP contribution is -2.27. The first-order valence-corrected chi connectivity index (χ1v) is 6.27. The molecule has 1 saturated carbocycles. The first-order valence-electron chi connectivity index (χ1n) is 5.89. The summed E-state index contributed by atoms with van der Waals surface area (Å²) in [4.78, 5) is 0. The highest BCUT2D eigenvalue weighted by Gasteiger charge is 2.24. The van der Waals surface area contributed by atoms with Crippen LogP contribution in [0.3, 0.4) is 0 Å². The second kappa shape index (κ2) is 5.67. The van der Waals surface area contributed by atoms with Crippen LogP contribution in [0.5, 0.6) is 0 Å². The Bertz CT molecular complexity index is 342. The number of hydrogen-bond acceptors (Lipinski definition) is 2. The van der Waals surface area contributed by atoms with Gasteiger partial charge >= 0.3 is 0 Å². The largest absolute Gasteiger partial charge is 0.393 e. The molecule has 1 fully saturated rings. The molecule has 2 atom stereocenters. The molecule has 1 aromatic rings. The molecule has 0 aliphatic heterocycles.